The normalized spacial score (nSPS) is 10.4. The molecule has 1 heterocycles. The molecular weight excluding hydrogens is 328 g/mol. The van der Waals surface area contributed by atoms with Gasteiger partial charge in [-0.05, 0) is 29.8 Å². The summed E-state index contributed by atoms with van der Waals surface area (Å²) < 4.78 is 7.25. The summed E-state index contributed by atoms with van der Waals surface area (Å²) in [6, 6.07) is 12.2. The van der Waals surface area contributed by atoms with Gasteiger partial charge in [-0.15, -0.1) is 0 Å². The number of rotatable bonds is 4. The van der Waals surface area contributed by atoms with E-state index >= 15 is 0 Å². The van der Waals surface area contributed by atoms with E-state index in [4.69, 9.17) is 22.9 Å². The first-order valence-corrected chi connectivity index (χ1v) is 7.48. The minimum atomic E-state index is -0.258. The van der Waals surface area contributed by atoms with Crippen LogP contribution >= 0.6 is 11.6 Å². The minimum absolute atomic E-state index is 0.258. The van der Waals surface area contributed by atoms with Gasteiger partial charge < -0.3 is 4.74 Å². The molecule has 120 valence electrons. The van der Waals surface area contributed by atoms with Gasteiger partial charge in [-0.2, -0.15) is 5.10 Å². The Balaban J connectivity index is 1.87. The summed E-state index contributed by atoms with van der Waals surface area (Å²) in [5, 5.41) is 6.86. The molecule has 7 heteroatoms. The van der Waals surface area contributed by atoms with Gasteiger partial charge in [-0.25, -0.2) is 14.7 Å². The van der Waals surface area contributed by atoms with Crippen LogP contribution in [-0.4, -0.2) is 14.8 Å². The number of aromatic amines is 1. The van der Waals surface area contributed by atoms with Crippen LogP contribution in [0.3, 0.4) is 0 Å². The maximum Gasteiger partial charge on any atom is 0.343 e. The first-order valence-electron chi connectivity index (χ1n) is 7.11. The Bertz CT molecular complexity index is 985. The summed E-state index contributed by atoms with van der Waals surface area (Å²) in [6.07, 6.45) is 0.463. The Hall–Kier alpha value is -3.04. The second-order valence-electron chi connectivity index (χ2n) is 5.16. The highest BCUT2D eigenvalue weighted by Gasteiger charge is 2.09. The lowest BCUT2D eigenvalue weighted by Crippen LogP contribution is -2.14. The number of hydrogen-bond acceptors (Lipinski definition) is 3. The van der Waals surface area contributed by atoms with Crippen LogP contribution in [0.5, 0.6) is 11.5 Å². The highest BCUT2D eigenvalue weighted by molar-refractivity contribution is 6.32. The average molecular weight is 341 g/mol. The first-order chi connectivity index (χ1) is 11.6. The van der Waals surface area contributed by atoms with Crippen LogP contribution < -0.4 is 10.4 Å². The molecule has 0 bridgehead atoms. The molecule has 0 amide bonds. The monoisotopic (exact) mass is 340 g/mol. The molecule has 3 aromatic rings. The zero-order chi connectivity index (χ0) is 17.1. The number of nitrogens with zero attached hydrogens (tertiary/aromatic N) is 3. The van der Waals surface area contributed by atoms with Crippen LogP contribution in [-0.2, 0) is 13.5 Å². The van der Waals surface area contributed by atoms with Crippen molar-refractivity contribution < 1.29 is 4.74 Å². The Morgan fingerprint density at radius 3 is 2.88 bits per heavy atom. The maximum atomic E-state index is 11.4. The number of benzene rings is 2. The zero-order valence-corrected chi connectivity index (χ0v) is 13.5. The second-order valence-corrected chi connectivity index (χ2v) is 5.56. The Morgan fingerprint density at radius 2 is 2.17 bits per heavy atom. The molecule has 0 unspecified atom stereocenters. The topological polar surface area (TPSA) is 64.3 Å². The van der Waals surface area contributed by atoms with E-state index in [1.807, 2.05) is 6.07 Å². The average Bonchev–Trinajstić information content (AvgIpc) is 2.90. The fourth-order valence-electron chi connectivity index (χ4n) is 2.20. The van der Waals surface area contributed by atoms with Crippen molar-refractivity contribution in [3.8, 4) is 11.5 Å². The number of ether oxygens (including phenoxy) is 1. The van der Waals surface area contributed by atoms with Crippen LogP contribution in [0, 0.1) is 6.57 Å². The molecule has 0 aliphatic heterocycles. The van der Waals surface area contributed by atoms with Crippen LogP contribution in [0.25, 0.3) is 4.85 Å². The number of nitrogens with one attached hydrogen (secondary N) is 1. The fourth-order valence-corrected chi connectivity index (χ4v) is 2.36. The van der Waals surface area contributed by atoms with Crippen molar-refractivity contribution in [1.29, 1.82) is 0 Å². The van der Waals surface area contributed by atoms with E-state index < -0.39 is 0 Å². The third-order valence-corrected chi connectivity index (χ3v) is 3.82. The predicted molar refractivity (Wildman–Crippen MR) is 90.9 cm³/mol. The van der Waals surface area contributed by atoms with Crippen LogP contribution in [0.4, 0.5) is 5.69 Å². The third-order valence-electron chi connectivity index (χ3n) is 3.50. The molecule has 1 N–H and O–H groups in total. The van der Waals surface area contributed by atoms with Gasteiger partial charge in [-0.3, -0.25) is 4.57 Å². The van der Waals surface area contributed by atoms with E-state index in [1.54, 1.807) is 43.4 Å². The molecule has 0 saturated carbocycles. The lowest BCUT2D eigenvalue weighted by Gasteiger charge is -2.10. The van der Waals surface area contributed by atoms with Gasteiger partial charge >= 0.3 is 5.69 Å². The highest BCUT2D eigenvalue weighted by Crippen LogP contribution is 2.32. The standard InChI is InChI=1S/C17H13ClN4O2/c1-19-12-4-3-5-13(10-12)24-15-8-11(6-7-14(15)18)9-16-20-21-17(23)22(16)2/h3-8,10H,9H2,2H3,(H,21,23). The van der Waals surface area contributed by atoms with Crippen LogP contribution in [0.1, 0.15) is 11.4 Å². The summed E-state index contributed by atoms with van der Waals surface area (Å²) in [6.45, 7) is 7.05. The Labute approximate surface area is 143 Å². The predicted octanol–water partition coefficient (Wildman–Crippen LogP) is 3.70. The molecule has 0 aliphatic carbocycles. The highest BCUT2D eigenvalue weighted by atomic mass is 35.5. The van der Waals surface area contributed by atoms with Crippen molar-refractivity contribution in [2.75, 3.05) is 0 Å². The maximum absolute atomic E-state index is 11.4. The summed E-state index contributed by atoms with van der Waals surface area (Å²) in [4.78, 5) is 14.8. The van der Waals surface area contributed by atoms with Gasteiger partial charge in [0.2, 0.25) is 0 Å². The van der Waals surface area contributed by atoms with Gasteiger partial charge in [0, 0.05) is 13.5 Å². The molecule has 0 aliphatic rings. The first kappa shape index (κ1) is 15.8. The van der Waals surface area contributed by atoms with Crippen LogP contribution in [0.2, 0.25) is 5.02 Å². The fraction of sp³-hybridized carbons (Fsp3) is 0.118. The van der Waals surface area contributed by atoms with Gasteiger partial charge in [0.1, 0.15) is 17.3 Å². The molecule has 0 atom stereocenters. The van der Waals surface area contributed by atoms with Gasteiger partial charge in [0.05, 0.1) is 11.6 Å². The van der Waals surface area contributed by atoms with Crippen LogP contribution in [0.15, 0.2) is 47.3 Å². The quantitative estimate of drug-likeness (QED) is 0.736. The molecule has 1 aromatic heterocycles. The van der Waals surface area contributed by atoms with E-state index in [1.165, 1.54) is 4.57 Å². The van der Waals surface area contributed by atoms with E-state index in [-0.39, 0.29) is 5.69 Å². The van der Waals surface area contributed by atoms with E-state index in [0.29, 0.717) is 34.5 Å². The van der Waals surface area contributed by atoms with Gasteiger partial charge in [0.25, 0.3) is 0 Å². The smallest absolute Gasteiger partial charge is 0.343 e. The second kappa shape index (κ2) is 6.60. The lowest BCUT2D eigenvalue weighted by molar-refractivity contribution is 0.482. The number of halogens is 1. The minimum Gasteiger partial charge on any atom is -0.457 e. The van der Waals surface area contributed by atoms with E-state index in [9.17, 15) is 4.79 Å². The van der Waals surface area contributed by atoms with Crippen molar-refractivity contribution in [2.45, 2.75) is 6.42 Å². The SMILES string of the molecule is [C-]#[N+]c1cccc(Oc2cc(Cc3n[nH]c(=O)n3C)ccc2Cl)c1. The molecule has 0 fully saturated rings. The zero-order valence-electron chi connectivity index (χ0n) is 12.8. The molecule has 2 aromatic carbocycles. The van der Waals surface area contributed by atoms with Crippen molar-refractivity contribution in [2.24, 2.45) is 7.05 Å². The molecular formula is C17H13ClN4O2. The van der Waals surface area contributed by atoms with E-state index in [0.717, 1.165) is 5.56 Å². The summed E-state index contributed by atoms with van der Waals surface area (Å²) in [5.41, 5.74) is 1.13. The lowest BCUT2D eigenvalue weighted by atomic mass is 10.1. The molecule has 0 radical (unpaired) electrons. The molecule has 3 rings (SSSR count). The number of H-pyrrole nitrogens is 1. The van der Waals surface area contributed by atoms with E-state index in [2.05, 4.69) is 15.0 Å². The van der Waals surface area contributed by atoms with Gasteiger partial charge in [-0.1, -0.05) is 29.8 Å². The summed E-state index contributed by atoms with van der Waals surface area (Å²) in [7, 11) is 1.66. The Kier molecular flexibility index (Phi) is 4.36. The number of aromatic nitrogens is 3. The molecule has 0 spiro atoms. The largest absolute Gasteiger partial charge is 0.457 e. The summed E-state index contributed by atoms with van der Waals surface area (Å²) in [5.74, 6) is 1.63. The van der Waals surface area contributed by atoms with Gasteiger partial charge in [0.15, 0.2) is 5.69 Å². The van der Waals surface area contributed by atoms with Crippen molar-refractivity contribution >= 4 is 17.3 Å². The van der Waals surface area contributed by atoms with Crippen molar-refractivity contribution in [1.82, 2.24) is 14.8 Å². The molecule has 0 saturated heterocycles. The molecule has 6 nitrogen and oxygen atoms in total. The summed E-state index contributed by atoms with van der Waals surface area (Å²) >= 11 is 6.20. The third kappa shape index (κ3) is 3.31. The molecule has 24 heavy (non-hydrogen) atoms. The Morgan fingerprint density at radius 1 is 1.33 bits per heavy atom. The van der Waals surface area contributed by atoms with Crippen molar-refractivity contribution in [3.63, 3.8) is 0 Å². The number of hydrogen-bond donors (Lipinski definition) is 1. The van der Waals surface area contributed by atoms with Crippen molar-refractivity contribution in [3.05, 3.63) is 80.8 Å².